The maximum atomic E-state index is 10.5. The summed E-state index contributed by atoms with van der Waals surface area (Å²) in [5.41, 5.74) is 0.437. The molecule has 15 heavy (non-hydrogen) atoms. The number of carboxylic acid groups (broad SMARTS) is 1. The number of aliphatic carboxylic acids is 1. The molecule has 1 aromatic rings. The van der Waals surface area contributed by atoms with E-state index in [1.165, 1.54) is 24.3 Å². The smallest absolute Gasteiger partial charge is 0.375 e. The number of carbonyl (C=O) groups is 1. The van der Waals surface area contributed by atoms with Crippen molar-refractivity contribution in [3.05, 3.63) is 41.9 Å². The van der Waals surface area contributed by atoms with Crippen LogP contribution in [0.4, 0.5) is 0 Å². The molecule has 0 heterocycles. The molecule has 0 unspecified atom stereocenters. The Labute approximate surface area is 85.5 Å². The minimum atomic E-state index is -1.37. The first-order valence-corrected chi connectivity index (χ1v) is 3.93. The van der Waals surface area contributed by atoms with Gasteiger partial charge >= 0.3 is 5.97 Å². The van der Waals surface area contributed by atoms with Gasteiger partial charge in [-0.15, -0.1) is 0 Å². The molecule has 0 aliphatic carbocycles. The van der Waals surface area contributed by atoms with Gasteiger partial charge in [0.05, 0.1) is 11.6 Å². The Hall–Kier alpha value is -2.48. The van der Waals surface area contributed by atoms with Crippen LogP contribution >= 0.6 is 0 Å². The molecule has 2 N–H and O–H groups in total. The number of nitrogens with zero attached hydrogens (tertiary/aromatic N) is 1. The van der Waals surface area contributed by atoms with Gasteiger partial charge < -0.3 is 14.9 Å². The van der Waals surface area contributed by atoms with E-state index in [1.54, 1.807) is 0 Å². The van der Waals surface area contributed by atoms with Crippen molar-refractivity contribution in [3.63, 3.8) is 0 Å². The highest BCUT2D eigenvalue weighted by molar-refractivity contribution is 5.84. The van der Waals surface area contributed by atoms with Gasteiger partial charge in [0.25, 0.3) is 0 Å². The molecule has 0 aromatic heterocycles. The highest BCUT2D eigenvalue weighted by Crippen LogP contribution is 2.14. The second-order valence-corrected chi connectivity index (χ2v) is 2.54. The number of hydrogen-bond donors (Lipinski definition) is 2. The predicted molar refractivity (Wildman–Crippen MR) is 50.1 cm³/mol. The lowest BCUT2D eigenvalue weighted by molar-refractivity contribution is -0.135. The normalized spacial score (nSPS) is 10.5. The zero-order valence-electron chi connectivity index (χ0n) is 7.54. The molecule has 0 bridgehead atoms. The van der Waals surface area contributed by atoms with Crippen molar-refractivity contribution in [2.24, 2.45) is 0 Å². The first kappa shape index (κ1) is 10.6. The van der Waals surface area contributed by atoms with Crippen molar-refractivity contribution in [3.8, 4) is 11.8 Å². The van der Waals surface area contributed by atoms with Gasteiger partial charge in [0.15, 0.2) is 0 Å². The minimum absolute atomic E-state index is 0.233. The summed E-state index contributed by atoms with van der Waals surface area (Å²) < 4.78 is 4.83. The predicted octanol–water partition coefficient (Wildman–Crippen LogP) is 1.42. The van der Waals surface area contributed by atoms with E-state index in [-0.39, 0.29) is 5.75 Å². The van der Waals surface area contributed by atoms with E-state index in [1.807, 2.05) is 6.07 Å². The number of aliphatic hydroxyl groups excluding tert-OH is 1. The zero-order valence-corrected chi connectivity index (χ0v) is 7.54. The lowest BCUT2D eigenvalue weighted by atomic mass is 10.2. The van der Waals surface area contributed by atoms with Crippen molar-refractivity contribution < 1.29 is 19.7 Å². The number of rotatable bonds is 3. The summed E-state index contributed by atoms with van der Waals surface area (Å²) in [5, 5.41) is 25.6. The van der Waals surface area contributed by atoms with Crippen molar-refractivity contribution in [1.29, 1.82) is 5.26 Å². The quantitative estimate of drug-likeness (QED) is 0.575. The summed E-state index contributed by atoms with van der Waals surface area (Å²) in [6.45, 7) is 0. The molecule has 0 radical (unpaired) electrons. The third kappa shape index (κ3) is 2.74. The molecule has 76 valence electrons. The van der Waals surface area contributed by atoms with E-state index in [0.29, 0.717) is 11.8 Å². The van der Waals surface area contributed by atoms with Crippen molar-refractivity contribution >= 4 is 5.97 Å². The summed E-state index contributed by atoms with van der Waals surface area (Å²) in [5.74, 6) is -1.72. The third-order valence-corrected chi connectivity index (χ3v) is 1.54. The molecule has 0 saturated carbocycles. The molecular weight excluding hydrogens is 198 g/mol. The molecule has 0 fully saturated rings. The lowest BCUT2D eigenvalue weighted by Crippen LogP contribution is -2.07. The molecular formula is C10H7NO4. The van der Waals surface area contributed by atoms with Crippen LogP contribution in [0.5, 0.6) is 5.75 Å². The second-order valence-electron chi connectivity index (χ2n) is 2.54. The van der Waals surface area contributed by atoms with Crippen LogP contribution in [-0.2, 0) is 4.79 Å². The van der Waals surface area contributed by atoms with Gasteiger partial charge in [-0.1, -0.05) is 0 Å². The highest BCUT2D eigenvalue weighted by atomic mass is 16.5. The Balaban J connectivity index is 2.82. The van der Waals surface area contributed by atoms with Crippen molar-refractivity contribution in [1.82, 2.24) is 0 Å². The van der Waals surface area contributed by atoms with Gasteiger partial charge in [-0.25, -0.2) is 4.79 Å². The van der Waals surface area contributed by atoms with Crippen LogP contribution in [0.25, 0.3) is 0 Å². The van der Waals surface area contributed by atoms with E-state index in [9.17, 15) is 4.79 Å². The van der Waals surface area contributed by atoms with Gasteiger partial charge in [-0.05, 0) is 24.3 Å². The number of hydrogen-bond acceptors (Lipinski definition) is 4. The molecule has 0 aliphatic rings. The third-order valence-electron chi connectivity index (χ3n) is 1.54. The average molecular weight is 205 g/mol. The molecule has 0 spiro atoms. The van der Waals surface area contributed by atoms with Crippen LogP contribution in [-0.4, -0.2) is 16.2 Å². The maximum Gasteiger partial charge on any atom is 0.375 e. The van der Waals surface area contributed by atoms with E-state index in [0.717, 1.165) is 0 Å². The Kier molecular flexibility index (Phi) is 3.30. The molecule has 0 amide bonds. The fourth-order valence-corrected chi connectivity index (χ4v) is 0.850. The van der Waals surface area contributed by atoms with Crippen molar-refractivity contribution in [2.75, 3.05) is 0 Å². The van der Waals surface area contributed by atoms with Crippen LogP contribution in [0.3, 0.4) is 0 Å². The largest absolute Gasteiger partial charge is 0.511 e. The summed E-state index contributed by atoms with van der Waals surface area (Å²) in [7, 11) is 0. The Morgan fingerprint density at radius 3 is 2.40 bits per heavy atom. The fraction of sp³-hybridized carbons (Fsp3) is 0. The topological polar surface area (TPSA) is 90.5 Å². The van der Waals surface area contributed by atoms with E-state index < -0.39 is 11.7 Å². The molecule has 1 aromatic carbocycles. The van der Waals surface area contributed by atoms with Gasteiger partial charge in [0, 0.05) is 0 Å². The monoisotopic (exact) mass is 205 g/mol. The lowest BCUT2D eigenvalue weighted by Gasteiger charge is -2.04. The van der Waals surface area contributed by atoms with Crippen LogP contribution in [0.15, 0.2) is 36.3 Å². The second kappa shape index (κ2) is 4.67. The van der Waals surface area contributed by atoms with E-state index in [2.05, 4.69) is 0 Å². The first-order valence-electron chi connectivity index (χ1n) is 3.93. The van der Waals surface area contributed by atoms with Gasteiger partial charge in [-0.3, -0.25) is 0 Å². The number of aliphatic hydroxyl groups is 1. The molecule has 0 saturated heterocycles. The standard InChI is InChI=1S/C10H7NO4/c11-5-7-1-3-8(4-2-7)15-9(6-12)10(13)14/h1-4,6,12H,(H,13,14). The Morgan fingerprint density at radius 1 is 1.40 bits per heavy atom. The fourth-order valence-electron chi connectivity index (χ4n) is 0.850. The van der Waals surface area contributed by atoms with E-state index in [4.69, 9.17) is 20.2 Å². The van der Waals surface area contributed by atoms with Crippen LogP contribution in [0, 0.1) is 11.3 Å². The van der Waals surface area contributed by atoms with Crippen LogP contribution in [0.1, 0.15) is 5.56 Å². The summed E-state index contributed by atoms with van der Waals surface area (Å²) in [4.78, 5) is 10.5. The summed E-state index contributed by atoms with van der Waals surface area (Å²) >= 11 is 0. The summed E-state index contributed by atoms with van der Waals surface area (Å²) in [6, 6.07) is 7.74. The molecule has 0 aliphatic heterocycles. The number of benzene rings is 1. The number of carboxylic acids is 1. The highest BCUT2D eigenvalue weighted by Gasteiger charge is 2.09. The Morgan fingerprint density at radius 2 is 2.00 bits per heavy atom. The molecule has 1 rings (SSSR count). The molecule has 5 heteroatoms. The maximum absolute atomic E-state index is 10.5. The average Bonchev–Trinajstić information content (AvgIpc) is 2.26. The van der Waals surface area contributed by atoms with E-state index >= 15 is 0 Å². The van der Waals surface area contributed by atoms with Crippen molar-refractivity contribution in [2.45, 2.75) is 0 Å². The summed E-state index contributed by atoms with van der Waals surface area (Å²) in [6.07, 6.45) is 0.362. The number of nitriles is 1. The van der Waals surface area contributed by atoms with Gasteiger partial charge in [0.1, 0.15) is 12.0 Å². The zero-order chi connectivity index (χ0) is 11.3. The van der Waals surface area contributed by atoms with Crippen LogP contribution in [0.2, 0.25) is 0 Å². The van der Waals surface area contributed by atoms with Gasteiger partial charge in [0.2, 0.25) is 5.76 Å². The SMILES string of the molecule is N#Cc1ccc(OC(=CO)C(=O)O)cc1. The number of ether oxygens (including phenoxy) is 1. The minimum Gasteiger partial charge on any atom is -0.511 e. The van der Waals surface area contributed by atoms with Crippen LogP contribution < -0.4 is 4.74 Å². The molecule has 5 nitrogen and oxygen atoms in total. The molecule has 0 atom stereocenters. The van der Waals surface area contributed by atoms with Gasteiger partial charge in [-0.2, -0.15) is 5.26 Å². The Bertz CT molecular complexity index is 428. The first-order chi connectivity index (χ1) is 7.17.